The van der Waals surface area contributed by atoms with E-state index in [9.17, 15) is 0 Å². The third kappa shape index (κ3) is 4.93. The zero-order valence-electron chi connectivity index (χ0n) is 15.7. The lowest BCUT2D eigenvalue weighted by Crippen LogP contribution is -2.40. The number of rotatable bonds is 6. The first-order valence-corrected chi connectivity index (χ1v) is 10.1. The molecule has 0 radical (unpaired) electrons. The molecule has 4 rings (SSSR count). The minimum absolute atomic E-state index is 0.133. The van der Waals surface area contributed by atoms with Gasteiger partial charge in [-0.3, -0.25) is 0 Å². The fraction of sp³-hybridized carbons (Fsp3) is 0.250. The predicted octanol–water partition coefficient (Wildman–Crippen LogP) is 5.79. The van der Waals surface area contributed by atoms with Crippen LogP contribution in [-0.4, -0.2) is 19.2 Å². The molecule has 2 unspecified atom stereocenters. The van der Waals surface area contributed by atoms with E-state index in [0.717, 1.165) is 41.6 Å². The number of benzene rings is 3. The van der Waals surface area contributed by atoms with Crippen LogP contribution in [0, 0.1) is 0 Å². The summed E-state index contributed by atoms with van der Waals surface area (Å²) < 4.78 is 12.3. The lowest BCUT2D eigenvalue weighted by atomic mass is 9.88. The van der Waals surface area contributed by atoms with Crippen LogP contribution in [0.15, 0.2) is 78.9 Å². The molecule has 0 aromatic heterocycles. The third-order valence-corrected chi connectivity index (χ3v) is 5.32. The average Bonchev–Trinajstić information content (AvgIpc) is 2.74. The molecule has 4 heteroatoms. The van der Waals surface area contributed by atoms with Crippen molar-refractivity contribution in [3.8, 4) is 11.5 Å². The van der Waals surface area contributed by atoms with Gasteiger partial charge in [-0.05, 0) is 60.5 Å². The maximum Gasteiger partial charge on any atom is 0.127 e. The molecule has 1 aliphatic rings. The molecule has 1 aliphatic heterocycles. The molecule has 28 heavy (non-hydrogen) atoms. The Balaban J connectivity index is 1.41. The van der Waals surface area contributed by atoms with Crippen LogP contribution in [0.1, 0.15) is 23.5 Å². The topological polar surface area (TPSA) is 30.5 Å². The van der Waals surface area contributed by atoms with E-state index in [4.69, 9.17) is 21.1 Å². The van der Waals surface area contributed by atoms with Crippen molar-refractivity contribution in [1.82, 2.24) is 5.32 Å². The molecule has 1 saturated heterocycles. The van der Waals surface area contributed by atoms with E-state index in [-0.39, 0.29) is 6.10 Å². The van der Waals surface area contributed by atoms with Crippen LogP contribution in [0.5, 0.6) is 11.5 Å². The Morgan fingerprint density at radius 2 is 1.68 bits per heavy atom. The Kier molecular flexibility index (Phi) is 6.27. The van der Waals surface area contributed by atoms with E-state index >= 15 is 0 Å². The van der Waals surface area contributed by atoms with Crippen molar-refractivity contribution < 1.29 is 9.47 Å². The summed E-state index contributed by atoms with van der Waals surface area (Å²) in [6.07, 6.45) is 1.19. The summed E-state index contributed by atoms with van der Waals surface area (Å²) in [5, 5.41) is 4.22. The Hall–Kier alpha value is -2.33. The molecule has 0 bridgehead atoms. The highest BCUT2D eigenvalue weighted by Gasteiger charge is 2.27. The van der Waals surface area contributed by atoms with Gasteiger partial charge in [-0.15, -0.1) is 0 Å². The molecular formula is C24H24ClNO2. The summed E-state index contributed by atoms with van der Waals surface area (Å²) in [4.78, 5) is 0. The summed E-state index contributed by atoms with van der Waals surface area (Å²) in [7, 11) is 0. The predicted molar refractivity (Wildman–Crippen MR) is 113 cm³/mol. The van der Waals surface area contributed by atoms with Crippen LogP contribution < -0.4 is 10.1 Å². The number of piperidine rings is 1. The molecule has 1 N–H and O–H groups in total. The van der Waals surface area contributed by atoms with Crippen LogP contribution in [0.3, 0.4) is 0 Å². The summed E-state index contributed by atoms with van der Waals surface area (Å²) in [6, 6.07) is 26.1. The number of halogens is 1. The van der Waals surface area contributed by atoms with Crippen molar-refractivity contribution in [3.05, 3.63) is 95.0 Å². The fourth-order valence-corrected chi connectivity index (χ4v) is 3.75. The van der Waals surface area contributed by atoms with E-state index in [2.05, 4.69) is 23.5 Å². The molecule has 0 amide bonds. The highest BCUT2D eigenvalue weighted by molar-refractivity contribution is 6.30. The highest BCUT2D eigenvalue weighted by Crippen LogP contribution is 2.30. The SMILES string of the molecule is Clc1ccc(C2CCNCC2OCc2cccc(Oc3ccccc3)c2)cc1. The summed E-state index contributed by atoms with van der Waals surface area (Å²) >= 11 is 6.05. The molecule has 1 fully saturated rings. The van der Waals surface area contributed by atoms with Gasteiger partial charge in [0.05, 0.1) is 12.7 Å². The highest BCUT2D eigenvalue weighted by atomic mass is 35.5. The number of hydrogen-bond acceptors (Lipinski definition) is 3. The first-order chi connectivity index (χ1) is 13.8. The van der Waals surface area contributed by atoms with Crippen LogP contribution >= 0.6 is 11.6 Å². The number of hydrogen-bond donors (Lipinski definition) is 1. The Morgan fingerprint density at radius 1 is 0.893 bits per heavy atom. The fourth-order valence-electron chi connectivity index (χ4n) is 3.62. The molecule has 144 valence electrons. The smallest absolute Gasteiger partial charge is 0.127 e. The van der Waals surface area contributed by atoms with Crippen molar-refractivity contribution in [1.29, 1.82) is 0 Å². The molecule has 0 aliphatic carbocycles. The Morgan fingerprint density at radius 3 is 2.50 bits per heavy atom. The largest absolute Gasteiger partial charge is 0.457 e. The average molecular weight is 394 g/mol. The van der Waals surface area contributed by atoms with E-state index in [0.29, 0.717) is 12.5 Å². The van der Waals surface area contributed by atoms with Crippen molar-refractivity contribution >= 4 is 11.6 Å². The van der Waals surface area contributed by atoms with Crippen molar-refractivity contribution in [3.63, 3.8) is 0 Å². The van der Waals surface area contributed by atoms with Crippen molar-refractivity contribution in [2.24, 2.45) is 0 Å². The quantitative estimate of drug-likeness (QED) is 0.574. The second kappa shape index (κ2) is 9.24. The second-order valence-corrected chi connectivity index (χ2v) is 7.50. The van der Waals surface area contributed by atoms with Gasteiger partial charge in [-0.2, -0.15) is 0 Å². The van der Waals surface area contributed by atoms with Crippen LogP contribution in [0.4, 0.5) is 0 Å². The maximum absolute atomic E-state index is 6.32. The van der Waals surface area contributed by atoms with Gasteiger partial charge < -0.3 is 14.8 Å². The van der Waals surface area contributed by atoms with E-state index in [1.54, 1.807) is 0 Å². The maximum atomic E-state index is 6.32. The molecular weight excluding hydrogens is 370 g/mol. The van der Waals surface area contributed by atoms with Crippen LogP contribution in [-0.2, 0) is 11.3 Å². The molecule has 0 spiro atoms. The lowest BCUT2D eigenvalue weighted by Gasteiger charge is -2.32. The standard InChI is InChI=1S/C24H24ClNO2/c25-20-11-9-19(10-12-20)23-13-14-26-16-24(23)27-17-18-5-4-8-22(15-18)28-21-6-2-1-3-7-21/h1-12,15,23-24,26H,13-14,16-17H2. The number of ether oxygens (including phenoxy) is 2. The Bertz CT molecular complexity index is 883. The minimum Gasteiger partial charge on any atom is -0.457 e. The van der Waals surface area contributed by atoms with Gasteiger partial charge in [-0.1, -0.05) is 54.1 Å². The van der Waals surface area contributed by atoms with E-state index < -0.39 is 0 Å². The summed E-state index contributed by atoms with van der Waals surface area (Å²) in [5.41, 5.74) is 2.39. The molecule has 0 saturated carbocycles. The van der Waals surface area contributed by atoms with Crippen LogP contribution in [0.25, 0.3) is 0 Å². The first-order valence-electron chi connectivity index (χ1n) is 9.67. The lowest BCUT2D eigenvalue weighted by molar-refractivity contribution is 0.0106. The Labute approximate surface area is 171 Å². The van der Waals surface area contributed by atoms with Crippen molar-refractivity contribution in [2.75, 3.05) is 13.1 Å². The molecule has 2 atom stereocenters. The van der Waals surface area contributed by atoms with Gasteiger partial charge in [0.2, 0.25) is 0 Å². The molecule has 3 aromatic rings. The second-order valence-electron chi connectivity index (χ2n) is 7.06. The minimum atomic E-state index is 0.133. The number of nitrogens with one attached hydrogen (secondary N) is 1. The summed E-state index contributed by atoms with van der Waals surface area (Å²) in [5.74, 6) is 2.03. The van der Waals surface area contributed by atoms with E-state index in [1.165, 1.54) is 5.56 Å². The van der Waals surface area contributed by atoms with Gasteiger partial charge in [-0.25, -0.2) is 0 Å². The van der Waals surface area contributed by atoms with Gasteiger partial charge in [0.15, 0.2) is 0 Å². The van der Waals surface area contributed by atoms with Gasteiger partial charge >= 0.3 is 0 Å². The summed E-state index contributed by atoms with van der Waals surface area (Å²) in [6.45, 7) is 2.42. The van der Waals surface area contributed by atoms with Gasteiger partial charge in [0, 0.05) is 17.5 Å². The molecule has 1 heterocycles. The molecule has 3 aromatic carbocycles. The monoisotopic (exact) mass is 393 g/mol. The van der Waals surface area contributed by atoms with Gasteiger partial charge in [0.1, 0.15) is 11.5 Å². The van der Waals surface area contributed by atoms with Crippen LogP contribution in [0.2, 0.25) is 5.02 Å². The zero-order chi connectivity index (χ0) is 19.2. The van der Waals surface area contributed by atoms with Gasteiger partial charge in [0.25, 0.3) is 0 Å². The van der Waals surface area contributed by atoms with E-state index in [1.807, 2.05) is 60.7 Å². The third-order valence-electron chi connectivity index (χ3n) is 5.07. The molecule has 3 nitrogen and oxygen atoms in total. The number of para-hydroxylation sites is 1. The first kappa shape index (κ1) is 19.0. The normalized spacial score (nSPS) is 19.3. The zero-order valence-corrected chi connectivity index (χ0v) is 16.4. The van der Waals surface area contributed by atoms with Crippen molar-refractivity contribution in [2.45, 2.75) is 25.0 Å².